The fourth-order valence-electron chi connectivity index (χ4n) is 1.59. The zero-order valence-corrected chi connectivity index (χ0v) is 13.5. The zero-order valence-electron chi connectivity index (χ0n) is 11.1. The van der Waals surface area contributed by atoms with E-state index in [-0.39, 0.29) is 9.90 Å². The Balaban J connectivity index is 2.39. The standard InChI is InChI=1S/C12H11ClN2O4S2/c1-7-5-8(13)3-4-9(7)15-21(17,18)12-10(11(16)19-2)14-6-20-12/h3-6,15H,1-2H3. The number of hydrogen-bond acceptors (Lipinski definition) is 6. The highest BCUT2D eigenvalue weighted by molar-refractivity contribution is 7.94. The smallest absolute Gasteiger partial charge is 0.358 e. The van der Waals surface area contributed by atoms with Gasteiger partial charge in [0, 0.05) is 5.02 Å². The van der Waals surface area contributed by atoms with E-state index in [1.165, 1.54) is 5.51 Å². The molecule has 21 heavy (non-hydrogen) atoms. The zero-order chi connectivity index (χ0) is 15.6. The molecule has 112 valence electrons. The number of sulfonamides is 1. The Hall–Kier alpha value is -1.64. The van der Waals surface area contributed by atoms with Crippen LogP contribution in [0.15, 0.2) is 27.9 Å². The molecule has 0 saturated heterocycles. The van der Waals surface area contributed by atoms with Gasteiger partial charge in [-0.2, -0.15) is 0 Å². The largest absolute Gasteiger partial charge is 0.464 e. The first-order valence-corrected chi connectivity index (χ1v) is 8.40. The predicted octanol–water partition coefficient (Wildman–Crippen LogP) is 2.69. The number of ether oxygens (including phenoxy) is 1. The quantitative estimate of drug-likeness (QED) is 0.860. The number of nitrogens with one attached hydrogen (secondary N) is 1. The van der Waals surface area contributed by atoms with Crippen LogP contribution in [0.4, 0.5) is 5.69 Å². The van der Waals surface area contributed by atoms with Crippen LogP contribution in [0.2, 0.25) is 5.02 Å². The van der Waals surface area contributed by atoms with Crippen LogP contribution in [0.1, 0.15) is 16.1 Å². The van der Waals surface area contributed by atoms with Crippen LogP contribution in [-0.2, 0) is 14.8 Å². The summed E-state index contributed by atoms with van der Waals surface area (Å²) in [6.45, 7) is 1.72. The van der Waals surface area contributed by atoms with Crippen molar-refractivity contribution in [2.45, 2.75) is 11.1 Å². The van der Waals surface area contributed by atoms with Gasteiger partial charge in [-0.05, 0) is 30.7 Å². The molecule has 0 aliphatic heterocycles. The topological polar surface area (TPSA) is 85.4 Å². The maximum atomic E-state index is 12.4. The van der Waals surface area contributed by atoms with Gasteiger partial charge in [0.05, 0.1) is 18.3 Å². The minimum Gasteiger partial charge on any atom is -0.464 e. The van der Waals surface area contributed by atoms with Gasteiger partial charge in [-0.15, -0.1) is 11.3 Å². The number of esters is 1. The molecule has 0 bridgehead atoms. The summed E-state index contributed by atoms with van der Waals surface area (Å²) in [5.41, 5.74) is 2.08. The molecule has 0 amide bonds. The average molecular weight is 347 g/mol. The summed E-state index contributed by atoms with van der Waals surface area (Å²) in [4.78, 5) is 15.3. The molecule has 1 aromatic heterocycles. The van der Waals surface area contributed by atoms with E-state index in [2.05, 4.69) is 14.4 Å². The lowest BCUT2D eigenvalue weighted by Crippen LogP contribution is -2.16. The molecule has 0 unspecified atom stereocenters. The summed E-state index contributed by atoms with van der Waals surface area (Å²) < 4.78 is 31.5. The molecule has 0 saturated carbocycles. The van der Waals surface area contributed by atoms with Crippen LogP contribution in [0.5, 0.6) is 0 Å². The van der Waals surface area contributed by atoms with Crippen molar-refractivity contribution in [3.63, 3.8) is 0 Å². The van der Waals surface area contributed by atoms with Crippen molar-refractivity contribution in [3.05, 3.63) is 40.0 Å². The van der Waals surface area contributed by atoms with Crippen LogP contribution >= 0.6 is 22.9 Å². The number of hydrogen-bond donors (Lipinski definition) is 1. The van der Waals surface area contributed by atoms with Gasteiger partial charge in [0.1, 0.15) is 0 Å². The fourth-order valence-corrected chi connectivity index (χ4v) is 4.08. The van der Waals surface area contributed by atoms with Crippen molar-refractivity contribution in [1.82, 2.24) is 4.98 Å². The number of anilines is 1. The van der Waals surface area contributed by atoms with Gasteiger partial charge in [0.2, 0.25) is 0 Å². The summed E-state index contributed by atoms with van der Waals surface area (Å²) in [6.07, 6.45) is 0. The van der Waals surface area contributed by atoms with Crippen molar-refractivity contribution in [2.24, 2.45) is 0 Å². The normalized spacial score (nSPS) is 11.2. The molecule has 0 fully saturated rings. The number of methoxy groups -OCH3 is 1. The van der Waals surface area contributed by atoms with E-state index in [0.717, 1.165) is 18.4 Å². The molecule has 1 heterocycles. The first-order chi connectivity index (χ1) is 9.85. The van der Waals surface area contributed by atoms with Crippen LogP contribution in [0, 0.1) is 6.92 Å². The minimum atomic E-state index is -3.93. The van der Waals surface area contributed by atoms with Crippen molar-refractivity contribution in [1.29, 1.82) is 0 Å². The van der Waals surface area contributed by atoms with E-state index < -0.39 is 16.0 Å². The Morgan fingerprint density at radius 1 is 1.43 bits per heavy atom. The Bertz CT molecular complexity index is 786. The number of benzene rings is 1. The monoisotopic (exact) mass is 346 g/mol. The van der Waals surface area contributed by atoms with Gasteiger partial charge in [-0.1, -0.05) is 11.6 Å². The Labute approximate surface area is 130 Å². The molecule has 0 aliphatic rings. The Kier molecular flexibility index (Phi) is 4.50. The highest BCUT2D eigenvalue weighted by atomic mass is 35.5. The van der Waals surface area contributed by atoms with Crippen LogP contribution < -0.4 is 4.72 Å². The number of aromatic nitrogens is 1. The van der Waals surface area contributed by atoms with E-state index >= 15 is 0 Å². The molecule has 0 aliphatic carbocycles. The molecule has 0 radical (unpaired) electrons. The predicted molar refractivity (Wildman–Crippen MR) is 80.5 cm³/mol. The molecule has 2 aromatic rings. The maximum Gasteiger partial charge on any atom is 0.358 e. The number of carbonyl (C=O) groups excluding carboxylic acids is 1. The van der Waals surface area contributed by atoms with E-state index in [9.17, 15) is 13.2 Å². The third-order valence-electron chi connectivity index (χ3n) is 2.59. The second-order valence-electron chi connectivity index (χ2n) is 4.04. The highest BCUT2D eigenvalue weighted by Gasteiger charge is 2.27. The number of rotatable bonds is 4. The lowest BCUT2D eigenvalue weighted by molar-refractivity contribution is 0.0590. The maximum absolute atomic E-state index is 12.4. The summed E-state index contributed by atoms with van der Waals surface area (Å²) in [5, 5.41) is 0.503. The molecule has 2 rings (SSSR count). The van der Waals surface area contributed by atoms with Crippen LogP contribution in [-0.4, -0.2) is 26.5 Å². The average Bonchev–Trinajstić information content (AvgIpc) is 2.91. The Morgan fingerprint density at radius 3 is 2.76 bits per heavy atom. The van der Waals surface area contributed by atoms with E-state index in [1.807, 2.05) is 0 Å². The Morgan fingerprint density at radius 2 is 2.14 bits per heavy atom. The summed E-state index contributed by atoms with van der Waals surface area (Å²) in [6, 6.07) is 4.75. The number of carbonyl (C=O) groups is 1. The summed E-state index contributed by atoms with van der Waals surface area (Å²) >= 11 is 6.67. The van der Waals surface area contributed by atoms with Crippen molar-refractivity contribution >= 4 is 44.6 Å². The fraction of sp³-hybridized carbons (Fsp3) is 0.167. The third-order valence-corrected chi connectivity index (χ3v) is 5.56. The van der Waals surface area contributed by atoms with Gasteiger partial charge in [0.15, 0.2) is 9.90 Å². The van der Waals surface area contributed by atoms with E-state index in [0.29, 0.717) is 16.3 Å². The van der Waals surface area contributed by atoms with Gasteiger partial charge in [0.25, 0.3) is 10.0 Å². The first-order valence-electron chi connectivity index (χ1n) is 5.66. The van der Waals surface area contributed by atoms with Gasteiger partial charge in [-0.3, -0.25) is 4.72 Å². The van der Waals surface area contributed by atoms with Gasteiger partial charge in [-0.25, -0.2) is 18.2 Å². The van der Waals surface area contributed by atoms with Crippen molar-refractivity contribution in [2.75, 3.05) is 11.8 Å². The number of thiazole rings is 1. The summed E-state index contributed by atoms with van der Waals surface area (Å²) in [7, 11) is -2.77. The highest BCUT2D eigenvalue weighted by Crippen LogP contribution is 2.26. The third kappa shape index (κ3) is 3.34. The van der Waals surface area contributed by atoms with Crippen molar-refractivity contribution in [3.8, 4) is 0 Å². The molecular formula is C12H11ClN2O4S2. The first kappa shape index (κ1) is 15.7. The summed E-state index contributed by atoms with van der Waals surface area (Å²) in [5.74, 6) is -0.801. The van der Waals surface area contributed by atoms with Gasteiger partial charge >= 0.3 is 5.97 Å². The molecule has 0 spiro atoms. The molecular weight excluding hydrogens is 336 g/mol. The molecule has 9 heteroatoms. The van der Waals surface area contributed by atoms with E-state index in [4.69, 9.17) is 11.6 Å². The number of aryl methyl sites for hydroxylation is 1. The second kappa shape index (κ2) is 6.00. The van der Waals surface area contributed by atoms with Crippen molar-refractivity contribution < 1.29 is 17.9 Å². The number of halogens is 1. The number of nitrogens with zero attached hydrogens (tertiary/aromatic N) is 1. The lowest BCUT2D eigenvalue weighted by Gasteiger charge is -2.10. The van der Waals surface area contributed by atoms with Gasteiger partial charge < -0.3 is 4.74 Å². The SMILES string of the molecule is COC(=O)c1ncsc1S(=O)(=O)Nc1ccc(Cl)cc1C. The molecule has 6 nitrogen and oxygen atoms in total. The second-order valence-corrected chi connectivity index (χ2v) is 7.21. The molecule has 0 atom stereocenters. The van der Waals surface area contributed by atoms with E-state index in [1.54, 1.807) is 25.1 Å². The molecule has 1 N–H and O–H groups in total. The lowest BCUT2D eigenvalue weighted by atomic mass is 10.2. The minimum absolute atomic E-state index is 0.191. The molecule has 1 aromatic carbocycles. The van der Waals surface area contributed by atoms with Crippen LogP contribution in [0.25, 0.3) is 0 Å². The van der Waals surface area contributed by atoms with Crippen LogP contribution in [0.3, 0.4) is 0 Å².